The Morgan fingerprint density at radius 3 is 2.95 bits per heavy atom. The van der Waals surface area contributed by atoms with Gasteiger partial charge in [0.2, 0.25) is 0 Å². The maximum Gasteiger partial charge on any atom is 0.277 e. The van der Waals surface area contributed by atoms with E-state index in [0.717, 1.165) is 0 Å². The summed E-state index contributed by atoms with van der Waals surface area (Å²) in [7, 11) is 0. The zero-order valence-corrected chi connectivity index (χ0v) is 12.5. The van der Waals surface area contributed by atoms with Crippen LogP contribution in [0.3, 0.4) is 0 Å². The van der Waals surface area contributed by atoms with Crippen molar-refractivity contribution < 1.29 is 9.53 Å². The number of carbonyl (C=O) groups is 1. The summed E-state index contributed by atoms with van der Waals surface area (Å²) in [4.78, 5) is 16.5. The Labute approximate surface area is 131 Å². The van der Waals surface area contributed by atoms with Gasteiger partial charge in [0.15, 0.2) is 11.3 Å². The number of para-hydroxylation sites is 2. The van der Waals surface area contributed by atoms with Crippen LogP contribution in [0, 0.1) is 0 Å². The number of nitrogens with zero attached hydrogens (tertiary/aromatic N) is 3. The molecule has 2 aromatic heterocycles. The molecular formula is C15H13ClN4O2. The lowest BCUT2D eigenvalue weighted by Crippen LogP contribution is -2.14. The van der Waals surface area contributed by atoms with Crippen LogP contribution < -0.4 is 10.1 Å². The van der Waals surface area contributed by atoms with Crippen molar-refractivity contribution in [3.05, 3.63) is 53.4 Å². The molecule has 7 heteroatoms. The van der Waals surface area contributed by atoms with Crippen LogP contribution in [-0.4, -0.2) is 27.1 Å². The Bertz CT molecular complexity index is 831. The van der Waals surface area contributed by atoms with E-state index in [2.05, 4.69) is 15.4 Å². The highest BCUT2D eigenvalue weighted by Gasteiger charge is 2.19. The number of fused-ring (bicyclic) bond motifs is 1. The van der Waals surface area contributed by atoms with E-state index < -0.39 is 5.91 Å². The molecule has 0 saturated heterocycles. The van der Waals surface area contributed by atoms with Crippen molar-refractivity contribution in [3.8, 4) is 5.75 Å². The van der Waals surface area contributed by atoms with E-state index in [4.69, 9.17) is 16.3 Å². The van der Waals surface area contributed by atoms with Crippen LogP contribution in [-0.2, 0) is 0 Å². The number of benzene rings is 1. The number of halogens is 1. The summed E-state index contributed by atoms with van der Waals surface area (Å²) in [6, 6.07) is 8.90. The van der Waals surface area contributed by atoms with Crippen molar-refractivity contribution in [2.45, 2.75) is 6.92 Å². The fourth-order valence-corrected chi connectivity index (χ4v) is 2.30. The normalized spacial score (nSPS) is 10.6. The SMILES string of the molecule is CCOc1ccccc1NC(=O)c1nn2cccnc2c1Cl. The van der Waals surface area contributed by atoms with E-state index >= 15 is 0 Å². The first-order valence-corrected chi connectivity index (χ1v) is 7.10. The predicted octanol–water partition coefficient (Wildman–Crippen LogP) is 3.03. The van der Waals surface area contributed by atoms with Gasteiger partial charge in [-0.1, -0.05) is 23.7 Å². The van der Waals surface area contributed by atoms with E-state index in [1.54, 1.807) is 30.6 Å². The van der Waals surface area contributed by atoms with Gasteiger partial charge in [-0.3, -0.25) is 4.79 Å². The van der Waals surface area contributed by atoms with Gasteiger partial charge in [0.1, 0.15) is 10.8 Å². The van der Waals surface area contributed by atoms with Crippen molar-refractivity contribution in [1.29, 1.82) is 0 Å². The summed E-state index contributed by atoms with van der Waals surface area (Å²) in [5.41, 5.74) is 1.12. The van der Waals surface area contributed by atoms with E-state index in [9.17, 15) is 4.79 Å². The fourth-order valence-electron chi connectivity index (χ4n) is 2.04. The Hall–Kier alpha value is -2.60. The Balaban J connectivity index is 1.92. The van der Waals surface area contributed by atoms with Crippen LogP contribution in [0.15, 0.2) is 42.7 Å². The molecule has 1 N–H and O–H groups in total. The van der Waals surface area contributed by atoms with Gasteiger partial charge in [-0.2, -0.15) is 5.10 Å². The third-order valence-corrected chi connectivity index (χ3v) is 3.34. The average molecular weight is 317 g/mol. The number of ether oxygens (including phenoxy) is 1. The average Bonchev–Trinajstić information content (AvgIpc) is 2.87. The molecule has 1 aromatic carbocycles. The van der Waals surface area contributed by atoms with Crippen molar-refractivity contribution in [3.63, 3.8) is 0 Å². The number of rotatable bonds is 4. The quantitative estimate of drug-likeness (QED) is 0.803. The molecule has 0 atom stereocenters. The largest absolute Gasteiger partial charge is 0.492 e. The van der Waals surface area contributed by atoms with Gasteiger partial charge in [-0.25, -0.2) is 9.50 Å². The van der Waals surface area contributed by atoms with Crippen molar-refractivity contribution in [1.82, 2.24) is 14.6 Å². The van der Waals surface area contributed by atoms with Gasteiger partial charge in [0.05, 0.1) is 12.3 Å². The number of anilines is 1. The van der Waals surface area contributed by atoms with Gasteiger partial charge < -0.3 is 10.1 Å². The van der Waals surface area contributed by atoms with E-state index in [1.807, 2.05) is 19.1 Å². The minimum Gasteiger partial charge on any atom is -0.492 e. The summed E-state index contributed by atoms with van der Waals surface area (Å²) in [5.74, 6) is 0.180. The molecule has 3 rings (SSSR count). The molecule has 22 heavy (non-hydrogen) atoms. The molecule has 0 aliphatic rings. The fraction of sp³-hybridized carbons (Fsp3) is 0.133. The molecule has 0 fully saturated rings. The number of amides is 1. The Morgan fingerprint density at radius 2 is 2.18 bits per heavy atom. The summed E-state index contributed by atoms with van der Waals surface area (Å²) >= 11 is 6.18. The first-order valence-electron chi connectivity index (χ1n) is 6.72. The van der Waals surface area contributed by atoms with E-state index in [1.165, 1.54) is 4.52 Å². The zero-order chi connectivity index (χ0) is 15.5. The number of carbonyl (C=O) groups excluding carboxylic acids is 1. The molecule has 6 nitrogen and oxygen atoms in total. The minimum absolute atomic E-state index is 0.117. The highest BCUT2D eigenvalue weighted by Crippen LogP contribution is 2.26. The molecule has 0 spiro atoms. The summed E-state index contributed by atoms with van der Waals surface area (Å²) in [6.45, 7) is 2.38. The van der Waals surface area contributed by atoms with Crippen LogP contribution >= 0.6 is 11.6 Å². The van der Waals surface area contributed by atoms with Crippen LogP contribution in [0.5, 0.6) is 5.75 Å². The van der Waals surface area contributed by atoms with E-state index in [-0.39, 0.29) is 10.7 Å². The summed E-state index contributed by atoms with van der Waals surface area (Å²) < 4.78 is 6.94. The van der Waals surface area contributed by atoms with Gasteiger partial charge in [0.25, 0.3) is 5.91 Å². The molecule has 0 radical (unpaired) electrons. The first kappa shape index (κ1) is 14.3. The van der Waals surface area contributed by atoms with Crippen molar-refractivity contribution in [2.75, 3.05) is 11.9 Å². The molecule has 0 bridgehead atoms. The molecule has 112 valence electrons. The highest BCUT2D eigenvalue weighted by atomic mass is 35.5. The molecule has 1 amide bonds. The van der Waals surface area contributed by atoms with Crippen LogP contribution in [0.25, 0.3) is 5.65 Å². The lowest BCUT2D eigenvalue weighted by atomic mass is 10.2. The molecule has 3 aromatic rings. The molecule has 0 saturated carbocycles. The van der Waals surface area contributed by atoms with Gasteiger partial charge >= 0.3 is 0 Å². The van der Waals surface area contributed by atoms with Crippen molar-refractivity contribution >= 4 is 28.8 Å². The predicted molar refractivity (Wildman–Crippen MR) is 83.6 cm³/mol. The third-order valence-electron chi connectivity index (χ3n) is 2.99. The molecule has 0 aliphatic heterocycles. The second kappa shape index (κ2) is 6.03. The third kappa shape index (κ3) is 2.60. The van der Waals surface area contributed by atoms with Gasteiger partial charge in [-0.05, 0) is 25.1 Å². The summed E-state index contributed by atoms with van der Waals surface area (Å²) in [5, 5.41) is 7.13. The Kier molecular flexibility index (Phi) is 3.93. The maximum atomic E-state index is 12.4. The number of hydrogen-bond donors (Lipinski definition) is 1. The lowest BCUT2D eigenvalue weighted by molar-refractivity contribution is 0.102. The Morgan fingerprint density at radius 1 is 1.36 bits per heavy atom. The molecular weight excluding hydrogens is 304 g/mol. The maximum absolute atomic E-state index is 12.4. The second-order valence-electron chi connectivity index (χ2n) is 4.43. The molecule has 2 heterocycles. The standard InChI is InChI=1S/C15H13ClN4O2/c1-2-22-11-7-4-3-6-10(11)18-15(21)13-12(16)14-17-8-5-9-20(14)19-13/h3-9H,2H2,1H3,(H,18,21). The number of aromatic nitrogens is 3. The number of hydrogen-bond acceptors (Lipinski definition) is 4. The second-order valence-corrected chi connectivity index (χ2v) is 4.81. The molecule has 0 unspecified atom stereocenters. The van der Waals surface area contributed by atoms with E-state index in [0.29, 0.717) is 23.7 Å². The van der Waals surface area contributed by atoms with Crippen LogP contribution in [0.4, 0.5) is 5.69 Å². The lowest BCUT2D eigenvalue weighted by Gasteiger charge is -2.10. The zero-order valence-electron chi connectivity index (χ0n) is 11.8. The highest BCUT2D eigenvalue weighted by molar-refractivity contribution is 6.37. The summed E-state index contributed by atoms with van der Waals surface area (Å²) in [6.07, 6.45) is 3.27. The number of nitrogens with one attached hydrogen (secondary N) is 1. The molecule has 0 aliphatic carbocycles. The minimum atomic E-state index is -0.414. The topological polar surface area (TPSA) is 68.5 Å². The van der Waals surface area contributed by atoms with Crippen LogP contribution in [0.2, 0.25) is 5.02 Å². The van der Waals surface area contributed by atoms with Crippen molar-refractivity contribution in [2.24, 2.45) is 0 Å². The van der Waals surface area contributed by atoms with Gasteiger partial charge in [0, 0.05) is 12.4 Å². The van der Waals surface area contributed by atoms with Crippen LogP contribution in [0.1, 0.15) is 17.4 Å². The van der Waals surface area contributed by atoms with Gasteiger partial charge in [-0.15, -0.1) is 0 Å². The first-order chi connectivity index (χ1) is 10.7. The monoisotopic (exact) mass is 316 g/mol. The smallest absolute Gasteiger partial charge is 0.277 e.